The zero-order valence-corrected chi connectivity index (χ0v) is 16.6. The van der Waals surface area contributed by atoms with Crippen LogP contribution in [0.15, 0.2) is 54.6 Å². The molecule has 4 heteroatoms. The van der Waals surface area contributed by atoms with Gasteiger partial charge in [0.15, 0.2) is 0 Å². The molecule has 2 aromatic carbocycles. The molecule has 0 unspecified atom stereocenters. The van der Waals surface area contributed by atoms with E-state index in [0.717, 1.165) is 22.5 Å². The van der Waals surface area contributed by atoms with Crippen molar-refractivity contribution in [2.45, 2.75) is 33.9 Å². The van der Waals surface area contributed by atoms with Gasteiger partial charge in [-0.1, -0.05) is 47.9 Å². The van der Waals surface area contributed by atoms with E-state index in [1.165, 1.54) is 5.56 Å². The summed E-state index contributed by atoms with van der Waals surface area (Å²) in [5.74, 6) is 2.54. The molecule has 142 valence electrons. The second-order valence-electron chi connectivity index (χ2n) is 7.14. The topological polar surface area (TPSA) is 38.1 Å². The van der Waals surface area contributed by atoms with Crippen LogP contribution >= 0.6 is 0 Å². The van der Waals surface area contributed by atoms with Gasteiger partial charge >= 0.3 is 0 Å². The van der Waals surface area contributed by atoms with Crippen molar-refractivity contribution < 1.29 is 4.79 Å². The Labute approximate surface area is 166 Å². The molecule has 4 nitrogen and oxygen atoms in total. The average molecular weight is 371 g/mol. The maximum absolute atomic E-state index is 13.1. The smallest absolute Gasteiger partial charge is 0.254 e. The van der Waals surface area contributed by atoms with Crippen LogP contribution < -0.4 is 0 Å². The Kier molecular flexibility index (Phi) is 5.96. The predicted molar refractivity (Wildman–Crippen MR) is 112 cm³/mol. The van der Waals surface area contributed by atoms with Crippen LogP contribution in [0, 0.1) is 33.1 Å². The normalized spacial score (nSPS) is 10.5. The Hall–Kier alpha value is -3.32. The Morgan fingerprint density at radius 1 is 1.07 bits per heavy atom. The van der Waals surface area contributed by atoms with Crippen molar-refractivity contribution in [3.8, 4) is 12.3 Å². The molecular formula is C24H25N3O. The molecule has 0 aliphatic rings. The molecule has 3 rings (SSSR count). The molecule has 0 atom stereocenters. The Morgan fingerprint density at radius 3 is 2.46 bits per heavy atom. The summed E-state index contributed by atoms with van der Waals surface area (Å²) in [6, 6.07) is 17.9. The molecule has 0 bridgehead atoms. The molecule has 3 aromatic rings. The number of hydrogen-bond acceptors (Lipinski definition) is 2. The van der Waals surface area contributed by atoms with Crippen LogP contribution in [0.25, 0.3) is 0 Å². The first kappa shape index (κ1) is 19.4. The Bertz CT molecular complexity index is 1010. The number of benzene rings is 2. The van der Waals surface area contributed by atoms with E-state index in [-0.39, 0.29) is 12.5 Å². The number of nitrogens with zero attached hydrogens (tertiary/aromatic N) is 3. The van der Waals surface area contributed by atoms with E-state index in [1.54, 1.807) is 4.90 Å². The van der Waals surface area contributed by atoms with Crippen LogP contribution in [0.2, 0.25) is 0 Å². The van der Waals surface area contributed by atoms with Crippen LogP contribution in [-0.4, -0.2) is 27.1 Å². The van der Waals surface area contributed by atoms with Crippen molar-refractivity contribution in [1.29, 1.82) is 0 Å². The number of aryl methyl sites for hydroxylation is 3. The quantitative estimate of drug-likeness (QED) is 0.611. The number of rotatable bonds is 6. The van der Waals surface area contributed by atoms with Crippen molar-refractivity contribution >= 4 is 5.91 Å². The maximum atomic E-state index is 13.1. The largest absolute Gasteiger partial charge is 0.323 e. The summed E-state index contributed by atoms with van der Waals surface area (Å²) in [5, 5.41) is 4.50. The Balaban J connectivity index is 1.80. The lowest BCUT2D eigenvalue weighted by Crippen LogP contribution is -2.31. The number of amides is 1. The van der Waals surface area contributed by atoms with E-state index in [4.69, 9.17) is 6.42 Å². The fourth-order valence-electron chi connectivity index (χ4n) is 3.22. The SMILES string of the molecule is C#CCN(Cc1ccc(C)cc1)C(=O)c1cccc(Cn2nc(C)cc2C)c1. The first-order chi connectivity index (χ1) is 13.5. The summed E-state index contributed by atoms with van der Waals surface area (Å²) in [4.78, 5) is 14.8. The lowest BCUT2D eigenvalue weighted by Gasteiger charge is -2.21. The number of carbonyl (C=O) groups excluding carboxylic acids is 1. The molecule has 0 aliphatic carbocycles. The summed E-state index contributed by atoms with van der Waals surface area (Å²) in [6.45, 7) is 7.45. The van der Waals surface area contributed by atoms with Gasteiger partial charge in [-0.3, -0.25) is 9.48 Å². The molecule has 0 N–H and O–H groups in total. The van der Waals surface area contributed by atoms with Crippen molar-refractivity contribution in [3.63, 3.8) is 0 Å². The first-order valence-electron chi connectivity index (χ1n) is 9.34. The molecule has 0 saturated carbocycles. The van der Waals surface area contributed by atoms with Gasteiger partial charge in [0.1, 0.15) is 0 Å². The lowest BCUT2D eigenvalue weighted by molar-refractivity contribution is 0.0765. The molecule has 28 heavy (non-hydrogen) atoms. The van der Waals surface area contributed by atoms with Gasteiger partial charge in [0.05, 0.1) is 18.8 Å². The van der Waals surface area contributed by atoms with E-state index < -0.39 is 0 Å². The fourth-order valence-corrected chi connectivity index (χ4v) is 3.22. The minimum atomic E-state index is -0.0613. The van der Waals surface area contributed by atoms with Gasteiger partial charge < -0.3 is 4.90 Å². The van der Waals surface area contributed by atoms with Gasteiger partial charge in [0.25, 0.3) is 5.91 Å². The molecule has 0 fully saturated rings. The molecule has 0 aliphatic heterocycles. The predicted octanol–water partition coefficient (Wildman–Crippen LogP) is 4.13. The van der Waals surface area contributed by atoms with E-state index in [0.29, 0.717) is 18.7 Å². The standard InChI is InChI=1S/C24H25N3O/c1-5-13-26(16-21-11-9-18(2)10-12-21)24(28)23-8-6-7-22(15-23)17-27-20(4)14-19(3)25-27/h1,6-12,14-15H,13,16-17H2,2-4H3. The van der Waals surface area contributed by atoms with E-state index in [1.807, 2.05) is 80.1 Å². The van der Waals surface area contributed by atoms with Crippen LogP contribution in [0.3, 0.4) is 0 Å². The summed E-state index contributed by atoms with van der Waals surface area (Å²) in [5.41, 5.74) is 6.02. The molecule has 0 spiro atoms. The second-order valence-corrected chi connectivity index (χ2v) is 7.14. The summed E-state index contributed by atoms with van der Waals surface area (Å²) >= 11 is 0. The first-order valence-corrected chi connectivity index (χ1v) is 9.34. The zero-order chi connectivity index (χ0) is 20.1. The highest BCUT2D eigenvalue weighted by Crippen LogP contribution is 2.14. The van der Waals surface area contributed by atoms with E-state index >= 15 is 0 Å². The van der Waals surface area contributed by atoms with Gasteiger partial charge in [-0.2, -0.15) is 5.10 Å². The van der Waals surface area contributed by atoms with Crippen LogP contribution in [0.1, 0.15) is 38.4 Å². The molecule has 0 saturated heterocycles. The third-order valence-corrected chi connectivity index (χ3v) is 4.67. The lowest BCUT2D eigenvalue weighted by atomic mass is 10.1. The van der Waals surface area contributed by atoms with Gasteiger partial charge in [-0.25, -0.2) is 0 Å². The number of aromatic nitrogens is 2. The molecule has 1 amide bonds. The zero-order valence-electron chi connectivity index (χ0n) is 16.6. The minimum absolute atomic E-state index is 0.0613. The highest BCUT2D eigenvalue weighted by molar-refractivity contribution is 5.94. The number of carbonyl (C=O) groups is 1. The van der Waals surface area contributed by atoms with Crippen molar-refractivity contribution in [2.24, 2.45) is 0 Å². The van der Waals surface area contributed by atoms with Gasteiger partial charge in [0.2, 0.25) is 0 Å². The fraction of sp³-hybridized carbons (Fsp3) is 0.250. The molecule has 1 heterocycles. The molecule has 1 aromatic heterocycles. The number of terminal acetylenes is 1. The monoisotopic (exact) mass is 371 g/mol. The van der Waals surface area contributed by atoms with Gasteiger partial charge in [-0.05, 0) is 50.1 Å². The van der Waals surface area contributed by atoms with Gasteiger partial charge in [-0.15, -0.1) is 6.42 Å². The van der Waals surface area contributed by atoms with Crippen LogP contribution in [0.5, 0.6) is 0 Å². The van der Waals surface area contributed by atoms with Crippen molar-refractivity contribution in [1.82, 2.24) is 14.7 Å². The third-order valence-electron chi connectivity index (χ3n) is 4.67. The van der Waals surface area contributed by atoms with Gasteiger partial charge in [0, 0.05) is 17.8 Å². The van der Waals surface area contributed by atoms with E-state index in [2.05, 4.69) is 11.0 Å². The minimum Gasteiger partial charge on any atom is -0.323 e. The maximum Gasteiger partial charge on any atom is 0.254 e. The van der Waals surface area contributed by atoms with E-state index in [9.17, 15) is 4.79 Å². The van der Waals surface area contributed by atoms with Crippen LogP contribution in [0.4, 0.5) is 0 Å². The highest BCUT2D eigenvalue weighted by Gasteiger charge is 2.16. The summed E-state index contributed by atoms with van der Waals surface area (Å²) in [6.07, 6.45) is 5.52. The number of hydrogen-bond donors (Lipinski definition) is 0. The second kappa shape index (κ2) is 8.58. The third kappa shape index (κ3) is 4.69. The highest BCUT2D eigenvalue weighted by atomic mass is 16.2. The summed E-state index contributed by atoms with van der Waals surface area (Å²) in [7, 11) is 0. The van der Waals surface area contributed by atoms with Crippen LogP contribution in [-0.2, 0) is 13.1 Å². The molecular weight excluding hydrogens is 346 g/mol. The van der Waals surface area contributed by atoms with Crippen molar-refractivity contribution in [2.75, 3.05) is 6.54 Å². The molecule has 0 radical (unpaired) electrons. The Morgan fingerprint density at radius 2 is 1.82 bits per heavy atom. The summed E-state index contributed by atoms with van der Waals surface area (Å²) < 4.78 is 1.95. The van der Waals surface area contributed by atoms with Crippen molar-refractivity contribution in [3.05, 3.63) is 88.2 Å². The average Bonchev–Trinajstić information content (AvgIpc) is 2.99.